The molecule has 2 amide bonds. The van der Waals surface area contributed by atoms with Crippen LogP contribution in [0.1, 0.15) is 62.6 Å². The van der Waals surface area contributed by atoms with Gasteiger partial charge in [0.15, 0.2) is 0 Å². The number of anilines is 1. The highest BCUT2D eigenvalue weighted by atomic mass is 35.5. The number of hydrogen-bond donors (Lipinski definition) is 1. The standard InChI is InChI=1S/C33H39Cl2N3O4S/c1-4-24-10-6-9-13-31(24)38(43(41,42)28-18-14-23(3)15-19-28)22-32(39)37(21-25-16-17-26(34)20-29(25)35)30(5-2)33(40)36-27-11-7-8-12-27/h6,9-10,13-20,27,30H,4-5,7-8,11-12,21-22H2,1-3H3,(H,36,40)/t30-/m0/s1. The van der Waals surface area contributed by atoms with Crippen molar-refractivity contribution in [2.24, 2.45) is 0 Å². The number of amides is 2. The van der Waals surface area contributed by atoms with Gasteiger partial charge in [0.25, 0.3) is 10.0 Å². The summed E-state index contributed by atoms with van der Waals surface area (Å²) in [5.41, 5.74) is 2.73. The molecule has 1 N–H and O–H groups in total. The first kappa shape index (κ1) is 32.8. The number of nitrogens with zero attached hydrogens (tertiary/aromatic N) is 2. The molecule has 0 saturated heterocycles. The van der Waals surface area contributed by atoms with E-state index in [0.29, 0.717) is 34.1 Å². The monoisotopic (exact) mass is 643 g/mol. The molecule has 4 rings (SSSR count). The molecule has 1 saturated carbocycles. The minimum absolute atomic E-state index is 0.0132. The van der Waals surface area contributed by atoms with E-state index in [4.69, 9.17) is 23.2 Å². The first-order valence-corrected chi connectivity index (χ1v) is 17.0. The van der Waals surface area contributed by atoms with Crippen molar-refractivity contribution in [1.82, 2.24) is 10.2 Å². The van der Waals surface area contributed by atoms with Gasteiger partial charge in [0.1, 0.15) is 12.6 Å². The minimum atomic E-state index is -4.15. The quantitative estimate of drug-likeness (QED) is 0.232. The van der Waals surface area contributed by atoms with Gasteiger partial charge in [-0.25, -0.2) is 8.42 Å². The van der Waals surface area contributed by atoms with Crippen LogP contribution in [-0.2, 0) is 32.6 Å². The molecule has 3 aromatic carbocycles. The van der Waals surface area contributed by atoms with Crippen LogP contribution >= 0.6 is 23.2 Å². The maximum absolute atomic E-state index is 14.4. The van der Waals surface area contributed by atoms with Crippen molar-refractivity contribution in [2.75, 3.05) is 10.8 Å². The van der Waals surface area contributed by atoms with E-state index < -0.39 is 28.5 Å². The van der Waals surface area contributed by atoms with Gasteiger partial charge in [-0.3, -0.25) is 13.9 Å². The van der Waals surface area contributed by atoms with E-state index in [1.54, 1.807) is 54.6 Å². The van der Waals surface area contributed by atoms with Gasteiger partial charge in [-0.2, -0.15) is 0 Å². The molecule has 0 aliphatic heterocycles. The topological polar surface area (TPSA) is 86.8 Å². The molecule has 0 unspecified atom stereocenters. The van der Waals surface area contributed by atoms with Gasteiger partial charge in [0, 0.05) is 22.6 Å². The lowest BCUT2D eigenvalue weighted by Crippen LogP contribution is -2.53. The fourth-order valence-electron chi connectivity index (χ4n) is 5.52. The minimum Gasteiger partial charge on any atom is -0.352 e. The zero-order valence-corrected chi connectivity index (χ0v) is 27.2. The Morgan fingerprint density at radius 3 is 2.26 bits per heavy atom. The molecule has 1 aliphatic rings. The molecule has 3 aromatic rings. The number of para-hydroxylation sites is 1. The first-order valence-electron chi connectivity index (χ1n) is 14.8. The molecule has 0 bridgehead atoms. The molecule has 1 fully saturated rings. The number of sulfonamides is 1. The second-order valence-corrected chi connectivity index (χ2v) is 13.7. The van der Waals surface area contributed by atoms with Gasteiger partial charge in [-0.1, -0.05) is 91.9 Å². The van der Waals surface area contributed by atoms with Gasteiger partial charge in [-0.15, -0.1) is 0 Å². The van der Waals surface area contributed by atoms with Crippen molar-refractivity contribution in [3.63, 3.8) is 0 Å². The van der Waals surface area contributed by atoms with E-state index in [-0.39, 0.29) is 23.4 Å². The molecule has 7 nitrogen and oxygen atoms in total. The molecule has 1 aliphatic carbocycles. The lowest BCUT2D eigenvalue weighted by atomic mass is 10.1. The molecule has 0 radical (unpaired) electrons. The second kappa shape index (κ2) is 14.6. The van der Waals surface area contributed by atoms with Crippen LogP contribution in [0.25, 0.3) is 0 Å². The van der Waals surface area contributed by atoms with Crippen molar-refractivity contribution in [3.05, 3.63) is 93.5 Å². The third-order valence-corrected chi connectivity index (χ3v) is 10.3. The molecule has 43 heavy (non-hydrogen) atoms. The second-order valence-electron chi connectivity index (χ2n) is 11.0. The van der Waals surface area contributed by atoms with Gasteiger partial charge in [-0.05, 0) is 74.1 Å². The van der Waals surface area contributed by atoms with Crippen molar-refractivity contribution in [2.45, 2.75) is 82.8 Å². The summed E-state index contributed by atoms with van der Waals surface area (Å²) in [5.74, 6) is -0.768. The predicted molar refractivity (Wildman–Crippen MR) is 173 cm³/mol. The molecular weight excluding hydrogens is 605 g/mol. The number of benzene rings is 3. The lowest BCUT2D eigenvalue weighted by molar-refractivity contribution is -0.140. The van der Waals surface area contributed by atoms with Crippen molar-refractivity contribution in [1.29, 1.82) is 0 Å². The fourth-order valence-corrected chi connectivity index (χ4v) is 7.44. The van der Waals surface area contributed by atoms with Crippen LogP contribution in [0.2, 0.25) is 10.0 Å². The largest absolute Gasteiger partial charge is 0.352 e. The Labute approximate surface area is 265 Å². The Morgan fingerprint density at radius 1 is 0.953 bits per heavy atom. The Kier molecular flexibility index (Phi) is 11.2. The normalized spacial score (nSPS) is 14.3. The third-order valence-electron chi connectivity index (χ3n) is 7.97. The molecule has 10 heteroatoms. The summed E-state index contributed by atoms with van der Waals surface area (Å²) in [6, 6.07) is 17.9. The molecule has 0 spiro atoms. The van der Waals surface area contributed by atoms with Gasteiger partial charge >= 0.3 is 0 Å². The molecule has 230 valence electrons. The van der Waals surface area contributed by atoms with Crippen LogP contribution in [0.3, 0.4) is 0 Å². The van der Waals surface area contributed by atoms with Crippen LogP contribution in [0, 0.1) is 6.92 Å². The summed E-state index contributed by atoms with van der Waals surface area (Å²) in [6.07, 6.45) is 4.80. The van der Waals surface area contributed by atoms with E-state index in [0.717, 1.165) is 41.1 Å². The Balaban J connectivity index is 1.76. The molecule has 0 heterocycles. The average molecular weight is 645 g/mol. The Morgan fingerprint density at radius 2 is 1.63 bits per heavy atom. The number of carbonyl (C=O) groups is 2. The molecule has 0 aromatic heterocycles. The summed E-state index contributed by atoms with van der Waals surface area (Å²) < 4.78 is 29.5. The number of carbonyl (C=O) groups excluding carboxylic acids is 2. The van der Waals surface area contributed by atoms with E-state index >= 15 is 0 Å². The van der Waals surface area contributed by atoms with Crippen molar-refractivity contribution < 1.29 is 18.0 Å². The zero-order chi connectivity index (χ0) is 31.1. The molecule has 1 atom stereocenters. The van der Waals surface area contributed by atoms with E-state index in [1.807, 2.05) is 32.9 Å². The highest BCUT2D eigenvalue weighted by molar-refractivity contribution is 7.92. The maximum atomic E-state index is 14.4. The lowest BCUT2D eigenvalue weighted by Gasteiger charge is -2.34. The highest BCUT2D eigenvalue weighted by Gasteiger charge is 2.35. The van der Waals surface area contributed by atoms with Gasteiger partial charge in [0.2, 0.25) is 11.8 Å². The van der Waals surface area contributed by atoms with Crippen molar-refractivity contribution >= 4 is 50.7 Å². The number of rotatable bonds is 12. The SMILES string of the molecule is CCc1ccccc1N(CC(=O)N(Cc1ccc(Cl)cc1Cl)[C@@H](CC)C(=O)NC1CCCC1)S(=O)(=O)c1ccc(C)cc1. The summed E-state index contributed by atoms with van der Waals surface area (Å²) in [7, 11) is -4.15. The zero-order valence-electron chi connectivity index (χ0n) is 24.9. The van der Waals surface area contributed by atoms with E-state index in [2.05, 4.69) is 5.32 Å². The van der Waals surface area contributed by atoms with Crippen LogP contribution in [0.4, 0.5) is 5.69 Å². The summed E-state index contributed by atoms with van der Waals surface area (Å²) in [5, 5.41) is 3.93. The first-order chi connectivity index (χ1) is 20.5. The smallest absolute Gasteiger partial charge is 0.264 e. The van der Waals surface area contributed by atoms with E-state index in [9.17, 15) is 18.0 Å². The Bertz CT molecular complexity index is 1540. The van der Waals surface area contributed by atoms with Crippen LogP contribution in [0.5, 0.6) is 0 Å². The number of nitrogens with one attached hydrogen (secondary N) is 1. The number of hydrogen-bond acceptors (Lipinski definition) is 4. The van der Waals surface area contributed by atoms with Crippen LogP contribution in [-0.4, -0.2) is 43.8 Å². The maximum Gasteiger partial charge on any atom is 0.264 e. The number of aryl methyl sites for hydroxylation is 2. The average Bonchev–Trinajstić information content (AvgIpc) is 3.50. The predicted octanol–water partition coefficient (Wildman–Crippen LogP) is 6.93. The highest BCUT2D eigenvalue weighted by Crippen LogP contribution is 2.30. The number of halogens is 2. The summed E-state index contributed by atoms with van der Waals surface area (Å²) in [4.78, 5) is 29.5. The van der Waals surface area contributed by atoms with Gasteiger partial charge in [0.05, 0.1) is 10.6 Å². The van der Waals surface area contributed by atoms with E-state index in [1.165, 1.54) is 4.90 Å². The summed E-state index contributed by atoms with van der Waals surface area (Å²) >= 11 is 12.7. The van der Waals surface area contributed by atoms with Crippen LogP contribution < -0.4 is 9.62 Å². The van der Waals surface area contributed by atoms with Gasteiger partial charge < -0.3 is 10.2 Å². The Hall–Kier alpha value is -3.07. The summed E-state index contributed by atoms with van der Waals surface area (Å²) in [6.45, 7) is 5.18. The van der Waals surface area contributed by atoms with Crippen LogP contribution in [0.15, 0.2) is 71.6 Å². The third kappa shape index (κ3) is 7.91. The molecular formula is C33H39Cl2N3O4S. The fraction of sp³-hybridized carbons (Fsp3) is 0.394. The van der Waals surface area contributed by atoms with Crippen molar-refractivity contribution in [3.8, 4) is 0 Å².